The molecule has 0 saturated heterocycles. The van der Waals surface area contributed by atoms with Gasteiger partial charge in [-0.25, -0.2) is 0 Å². The first-order chi connectivity index (χ1) is 12.6. The number of hydrogen-bond acceptors (Lipinski definition) is 6. The molecule has 2 aromatic rings. The number of carbonyl (C=O) groups excluding carboxylic acids is 1. The zero-order valence-corrected chi connectivity index (χ0v) is 15.0. The van der Waals surface area contributed by atoms with E-state index < -0.39 is 5.54 Å². The predicted molar refractivity (Wildman–Crippen MR) is 93.9 cm³/mol. The maximum absolute atomic E-state index is 12.5. The smallest absolute Gasteiger partial charge is 0.244 e. The minimum absolute atomic E-state index is 0.148. The number of nitrogens with zero attached hydrogens (tertiary/aromatic N) is 2. The van der Waals surface area contributed by atoms with Crippen molar-refractivity contribution >= 4 is 23.6 Å². The summed E-state index contributed by atoms with van der Waals surface area (Å²) in [7, 11) is 0. The summed E-state index contributed by atoms with van der Waals surface area (Å²) in [6.07, 6.45) is 6.77. The Bertz CT molecular complexity index is 871. The van der Waals surface area contributed by atoms with Crippen molar-refractivity contribution in [2.24, 2.45) is 0 Å². The average Bonchev–Trinajstić information content (AvgIpc) is 3.34. The van der Waals surface area contributed by atoms with Crippen LogP contribution in [0.3, 0.4) is 0 Å². The highest BCUT2D eigenvalue weighted by molar-refractivity contribution is 6.32. The molecule has 1 aromatic carbocycles. The van der Waals surface area contributed by atoms with Crippen LogP contribution in [0.5, 0.6) is 11.5 Å². The van der Waals surface area contributed by atoms with Crippen molar-refractivity contribution in [3.05, 3.63) is 40.5 Å². The van der Waals surface area contributed by atoms with Crippen LogP contribution in [0.25, 0.3) is 6.08 Å². The zero-order chi connectivity index (χ0) is 18.1. The lowest BCUT2D eigenvalue weighted by molar-refractivity contribution is -0.118. The molecular weight excluding hydrogens is 358 g/mol. The van der Waals surface area contributed by atoms with E-state index in [1.54, 1.807) is 25.1 Å². The summed E-state index contributed by atoms with van der Waals surface area (Å²) in [6.45, 7) is 1.89. The third-order valence-electron chi connectivity index (χ3n) is 4.65. The van der Waals surface area contributed by atoms with Crippen molar-refractivity contribution < 1.29 is 18.8 Å². The quantitative estimate of drug-likeness (QED) is 0.824. The molecule has 1 amide bonds. The Kier molecular flexibility index (Phi) is 4.32. The number of fused-ring (bicyclic) bond motifs is 1. The lowest BCUT2D eigenvalue weighted by Gasteiger charge is -2.25. The number of nitrogens with one attached hydrogen (secondary N) is 1. The maximum Gasteiger partial charge on any atom is 0.244 e. The van der Waals surface area contributed by atoms with Crippen LogP contribution in [0.4, 0.5) is 0 Å². The number of halogens is 1. The summed E-state index contributed by atoms with van der Waals surface area (Å²) >= 11 is 6.17. The molecule has 2 aliphatic rings. The minimum atomic E-state index is -0.564. The van der Waals surface area contributed by atoms with E-state index in [-0.39, 0.29) is 12.7 Å². The zero-order valence-electron chi connectivity index (χ0n) is 14.3. The molecule has 1 aliphatic carbocycles. The molecule has 1 aliphatic heterocycles. The fraction of sp³-hybridized carbons (Fsp3) is 0.389. The molecule has 1 fully saturated rings. The molecule has 8 heteroatoms. The summed E-state index contributed by atoms with van der Waals surface area (Å²) in [6, 6.07) is 3.51. The Morgan fingerprint density at radius 1 is 1.31 bits per heavy atom. The summed E-state index contributed by atoms with van der Waals surface area (Å²) < 4.78 is 15.7. The normalized spacial score (nSPS) is 17.8. The molecule has 2 heterocycles. The number of aryl methyl sites for hydroxylation is 1. The number of rotatable bonds is 4. The van der Waals surface area contributed by atoms with Gasteiger partial charge in [0.25, 0.3) is 0 Å². The van der Waals surface area contributed by atoms with Gasteiger partial charge in [-0.2, -0.15) is 4.98 Å². The molecule has 1 N–H and O–H groups in total. The van der Waals surface area contributed by atoms with E-state index in [2.05, 4.69) is 15.5 Å². The third kappa shape index (κ3) is 3.14. The fourth-order valence-corrected chi connectivity index (χ4v) is 3.68. The highest BCUT2D eigenvalue weighted by Crippen LogP contribution is 2.40. The van der Waals surface area contributed by atoms with Gasteiger partial charge in [-0.15, -0.1) is 0 Å². The Balaban J connectivity index is 1.51. The van der Waals surface area contributed by atoms with Gasteiger partial charge in [0.2, 0.25) is 18.6 Å². The van der Waals surface area contributed by atoms with Crippen molar-refractivity contribution in [1.29, 1.82) is 0 Å². The first-order valence-electron chi connectivity index (χ1n) is 8.46. The second kappa shape index (κ2) is 6.64. The molecule has 1 aromatic heterocycles. The van der Waals surface area contributed by atoms with Gasteiger partial charge in [0, 0.05) is 13.0 Å². The van der Waals surface area contributed by atoms with Crippen LogP contribution in [0.15, 0.2) is 22.7 Å². The van der Waals surface area contributed by atoms with Crippen LogP contribution >= 0.6 is 11.6 Å². The Morgan fingerprint density at radius 2 is 2.12 bits per heavy atom. The van der Waals surface area contributed by atoms with Gasteiger partial charge in [-0.05, 0) is 36.6 Å². The molecule has 7 nitrogen and oxygen atoms in total. The number of benzene rings is 1. The van der Waals surface area contributed by atoms with Gasteiger partial charge in [-0.3, -0.25) is 4.79 Å². The van der Waals surface area contributed by atoms with Crippen LogP contribution in [0.1, 0.15) is 43.0 Å². The van der Waals surface area contributed by atoms with Gasteiger partial charge in [0.05, 0.1) is 5.02 Å². The van der Waals surface area contributed by atoms with Crippen molar-refractivity contribution in [1.82, 2.24) is 15.5 Å². The van der Waals surface area contributed by atoms with Gasteiger partial charge < -0.3 is 19.3 Å². The van der Waals surface area contributed by atoms with E-state index in [9.17, 15) is 4.79 Å². The predicted octanol–water partition coefficient (Wildman–Crippen LogP) is 3.36. The molecule has 26 heavy (non-hydrogen) atoms. The standard InChI is InChI=1S/C18H18ClN3O4/c1-11-20-17(22-26-11)18(6-2-3-7-18)21-15(23)5-4-12-8-13(19)16-14(9-12)24-10-25-16/h4-5,8-9H,2-3,6-7,10H2,1H3,(H,21,23)/b5-4+. The Morgan fingerprint density at radius 3 is 2.85 bits per heavy atom. The average molecular weight is 376 g/mol. The van der Waals surface area contributed by atoms with Crippen LogP contribution in [-0.2, 0) is 10.3 Å². The monoisotopic (exact) mass is 375 g/mol. The highest BCUT2D eigenvalue weighted by Gasteiger charge is 2.40. The topological polar surface area (TPSA) is 86.5 Å². The van der Waals surface area contributed by atoms with Gasteiger partial charge in [0.1, 0.15) is 5.54 Å². The third-order valence-corrected chi connectivity index (χ3v) is 4.93. The highest BCUT2D eigenvalue weighted by atomic mass is 35.5. The largest absolute Gasteiger partial charge is 0.454 e. The van der Waals surface area contributed by atoms with Crippen LogP contribution in [0, 0.1) is 6.92 Å². The van der Waals surface area contributed by atoms with Crippen molar-refractivity contribution in [2.45, 2.75) is 38.1 Å². The maximum atomic E-state index is 12.5. The van der Waals surface area contributed by atoms with Crippen molar-refractivity contribution in [2.75, 3.05) is 6.79 Å². The first kappa shape index (κ1) is 16.9. The van der Waals surface area contributed by atoms with Crippen molar-refractivity contribution in [3.63, 3.8) is 0 Å². The molecule has 0 spiro atoms. The second-order valence-electron chi connectivity index (χ2n) is 6.49. The SMILES string of the molecule is Cc1nc(C2(NC(=O)/C=C/c3cc(Cl)c4c(c3)OCO4)CCCC2)no1. The molecule has 0 atom stereocenters. The van der Waals surface area contributed by atoms with Crippen LogP contribution in [0.2, 0.25) is 5.02 Å². The Labute approximate surface area is 155 Å². The summed E-state index contributed by atoms with van der Waals surface area (Å²) in [5.74, 6) is 1.92. The number of carbonyl (C=O) groups is 1. The Hall–Kier alpha value is -2.54. The van der Waals surface area contributed by atoms with E-state index in [0.29, 0.717) is 28.2 Å². The summed E-state index contributed by atoms with van der Waals surface area (Å²) in [5.41, 5.74) is 0.191. The molecule has 0 unspecified atom stereocenters. The van der Waals surface area contributed by atoms with Crippen LogP contribution in [-0.4, -0.2) is 22.8 Å². The lowest BCUT2D eigenvalue weighted by Crippen LogP contribution is -2.44. The lowest BCUT2D eigenvalue weighted by atomic mass is 9.96. The molecule has 0 bridgehead atoms. The van der Waals surface area contributed by atoms with E-state index in [1.165, 1.54) is 6.08 Å². The summed E-state index contributed by atoms with van der Waals surface area (Å²) in [4.78, 5) is 16.8. The van der Waals surface area contributed by atoms with Gasteiger partial charge >= 0.3 is 0 Å². The van der Waals surface area contributed by atoms with Crippen molar-refractivity contribution in [3.8, 4) is 11.5 Å². The summed E-state index contributed by atoms with van der Waals surface area (Å²) in [5, 5.41) is 7.53. The van der Waals surface area contributed by atoms with Crippen LogP contribution < -0.4 is 14.8 Å². The fourth-order valence-electron chi connectivity index (χ4n) is 3.41. The number of amides is 1. The molecule has 136 valence electrons. The number of ether oxygens (including phenoxy) is 2. The molecule has 1 saturated carbocycles. The number of hydrogen-bond donors (Lipinski definition) is 1. The second-order valence-corrected chi connectivity index (χ2v) is 6.89. The van der Waals surface area contributed by atoms with E-state index in [4.69, 9.17) is 25.6 Å². The molecule has 0 radical (unpaired) electrons. The first-order valence-corrected chi connectivity index (χ1v) is 8.84. The van der Waals surface area contributed by atoms with E-state index in [0.717, 1.165) is 31.2 Å². The number of aromatic nitrogens is 2. The minimum Gasteiger partial charge on any atom is -0.454 e. The van der Waals surface area contributed by atoms with E-state index >= 15 is 0 Å². The molecular formula is C18H18ClN3O4. The molecule has 4 rings (SSSR count). The van der Waals surface area contributed by atoms with E-state index in [1.807, 2.05) is 0 Å². The van der Waals surface area contributed by atoms with Gasteiger partial charge in [0.15, 0.2) is 17.3 Å². The van der Waals surface area contributed by atoms with Gasteiger partial charge in [-0.1, -0.05) is 29.6 Å².